The first-order valence-corrected chi connectivity index (χ1v) is 8.37. The lowest BCUT2D eigenvalue weighted by atomic mass is 10.0. The van der Waals surface area contributed by atoms with Gasteiger partial charge in [0.15, 0.2) is 5.66 Å². The van der Waals surface area contributed by atoms with Crippen LogP contribution in [-0.4, -0.2) is 30.6 Å². The van der Waals surface area contributed by atoms with E-state index < -0.39 is 35.0 Å². The molecule has 3 rings (SSSR count). The minimum absolute atomic E-state index is 0.117. The zero-order chi connectivity index (χ0) is 18.7. The Bertz CT molecular complexity index is 777. The molecule has 2 aliphatic rings. The third-order valence-electron chi connectivity index (χ3n) is 4.56. The van der Waals surface area contributed by atoms with E-state index in [2.05, 4.69) is 21.5 Å². The Hall–Kier alpha value is -2.82. The van der Waals surface area contributed by atoms with Gasteiger partial charge in [0.25, 0.3) is 0 Å². The molecule has 1 aromatic carbocycles. The average Bonchev–Trinajstić information content (AvgIpc) is 3.25. The largest absolute Gasteiger partial charge is 0.355 e. The van der Waals surface area contributed by atoms with Crippen LogP contribution in [0.15, 0.2) is 28.4 Å². The molecule has 0 spiro atoms. The number of carbonyl (C=O) groups excluding carboxylic acids is 2. The number of hydrogen-bond acceptors (Lipinski definition) is 4. The fourth-order valence-electron chi connectivity index (χ4n) is 3.05. The maximum absolute atomic E-state index is 13.3. The summed E-state index contributed by atoms with van der Waals surface area (Å²) in [6.45, 7) is 0.561. The predicted molar refractivity (Wildman–Crippen MR) is 90.1 cm³/mol. The molecule has 0 aromatic heterocycles. The second kappa shape index (κ2) is 7.20. The van der Waals surface area contributed by atoms with E-state index in [4.69, 9.17) is 6.42 Å². The molecule has 0 bridgehead atoms. The minimum Gasteiger partial charge on any atom is -0.355 e. The molecule has 26 heavy (non-hydrogen) atoms. The first-order valence-electron chi connectivity index (χ1n) is 8.37. The van der Waals surface area contributed by atoms with Crippen molar-refractivity contribution in [3.05, 3.63) is 29.8 Å². The molecule has 2 heterocycles. The van der Waals surface area contributed by atoms with E-state index in [1.165, 1.54) is 4.90 Å². The predicted octanol–water partition coefficient (Wildman–Crippen LogP) is 2.40. The van der Waals surface area contributed by atoms with Gasteiger partial charge in [-0.1, -0.05) is 0 Å². The number of halogens is 2. The molecule has 1 fully saturated rings. The van der Waals surface area contributed by atoms with Gasteiger partial charge in [-0.2, -0.15) is 10.2 Å². The van der Waals surface area contributed by atoms with Gasteiger partial charge in [0.1, 0.15) is 17.6 Å². The Morgan fingerprint density at radius 3 is 2.62 bits per heavy atom. The summed E-state index contributed by atoms with van der Waals surface area (Å²) in [6, 6.07) is 2.89. The molecule has 2 aliphatic heterocycles. The molecule has 2 amide bonds. The highest BCUT2D eigenvalue weighted by atomic mass is 19.1. The monoisotopic (exact) mass is 360 g/mol. The van der Waals surface area contributed by atoms with E-state index >= 15 is 0 Å². The van der Waals surface area contributed by atoms with E-state index in [-0.39, 0.29) is 12.2 Å². The fourth-order valence-corrected chi connectivity index (χ4v) is 3.05. The van der Waals surface area contributed by atoms with E-state index in [9.17, 15) is 18.4 Å². The smallest absolute Gasteiger partial charge is 0.239 e. The van der Waals surface area contributed by atoms with E-state index in [1.807, 2.05) is 0 Å². The number of nitrogens with one attached hydrogen (secondary N) is 1. The maximum atomic E-state index is 13.3. The number of amides is 2. The Morgan fingerprint density at radius 1 is 1.31 bits per heavy atom. The molecule has 1 N–H and O–H groups in total. The molecule has 1 atom stereocenters. The van der Waals surface area contributed by atoms with Crippen LogP contribution >= 0.6 is 0 Å². The summed E-state index contributed by atoms with van der Waals surface area (Å²) in [5, 5.41) is 10.7. The van der Waals surface area contributed by atoms with Crippen molar-refractivity contribution in [3.8, 4) is 12.3 Å². The second-order valence-electron chi connectivity index (χ2n) is 6.39. The molecule has 6 nitrogen and oxygen atoms in total. The number of benzene rings is 1. The lowest BCUT2D eigenvalue weighted by molar-refractivity contribution is -0.132. The van der Waals surface area contributed by atoms with Gasteiger partial charge in [0, 0.05) is 44.1 Å². The van der Waals surface area contributed by atoms with Crippen molar-refractivity contribution < 1.29 is 18.4 Å². The number of anilines is 1. The lowest BCUT2D eigenvalue weighted by Gasteiger charge is -2.17. The summed E-state index contributed by atoms with van der Waals surface area (Å²) >= 11 is 0. The zero-order valence-corrected chi connectivity index (χ0v) is 14.0. The molecule has 0 radical (unpaired) electrons. The Labute approximate surface area is 149 Å². The highest BCUT2D eigenvalue weighted by molar-refractivity contribution is 6.09. The zero-order valence-electron chi connectivity index (χ0n) is 14.0. The van der Waals surface area contributed by atoms with Crippen LogP contribution in [0.1, 0.15) is 25.7 Å². The van der Waals surface area contributed by atoms with E-state index in [0.717, 1.165) is 18.2 Å². The molecule has 1 unspecified atom stereocenters. The number of hydrogen-bond donors (Lipinski definition) is 1. The van der Waals surface area contributed by atoms with Crippen molar-refractivity contribution in [1.29, 1.82) is 0 Å². The maximum Gasteiger partial charge on any atom is 0.239 e. The molecule has 1 aromatic rings. The van der Waals surface area contributed by atoms with Gasteiger partial charge in [0.05, 0.1) is 0 Å². The van der Waals surface area contributed by atoms with Crippen LogP contribution in [0.25, 0.3) is 0 Å². The van der Waals surface area contributed by atoms with Crippen molar-refractivity contribution in [3.63, 3.8) is 0 Å². The van der Waals surface area contributed by atoms with Crippen molar-refractivity contribution in [2.24, 2.45) is 16.1 Å². The first kappa shape index (κ1) is 18.0. The van der Waals surface area contributed by atoms with Gasteiger partial charge in [-0.3, -0.25) is 9.59 Å². The SMILES string of the molecule is C#CCCC1(CCNC(=O)C2CCN(c3cc(F)cc(F)c3)C2=O)N=N1. The highest BCUT2D eigenvalue weighted by Crippen LogP contribution is 2.36. The van der Waals surface area contributed by atoms with Crippen LogP contribution in [0.3, 0.4) is 0 Å². The standard InChI is InChI=1S/C18H18F2N4O2/c1-2-3-5-18(22-23-18)6-7-21-16(25)15-4-8-24(17(15)26)14-10-12(19)9-13(20)11-14/h1,9-11,15H,3-8H2,(H,21,25). The summed E-state index contributed by atoms with van der Waals surface area (Å²) in [5.41, 5.74) is -0.378. The fraction of sp³-hybridized carbons (Fsp3) is 0.444. The molecule has 8 heteroatoms. The summed E-state index contributed by atoms with van der Waals surface area (Å²) in [6.07, 6.45) is 7.24. The highest BCUT2D eigenvalue weighted by Gasteiger charge is 2.40. The van der Waals surface area contributed by atoms with Gasteiger partial charge < -0.3 is 10.2 Å². The summed E-state index contributed by atoms with van der Waals surface area (Å²) in [4.78, 5) is 26.0. The van der Waals surface area contributed by atoms with Gasteiger partial charge in [-0.25, -0.2) is 8.78 Å². The Kier molecular flexibility index (Phi) is 4.98. The van der Waals surface area contributed by atoms with E-state index in [0.29, 0.717) is 32.2 Å². The van der Waals surface area contributed by atoms with Gasteiger partial charge in [0.2, 0.25) is 11.8 Å². The van der Waals surface area contributed by atoms with Crippen LogP contribution < -0.4 is 10.2 Å². The molecular formula is C18H18F2N4O2. The first-order chi connectivity index (χ1) is 12.4. The molecule has 0 aliphatic carbocycles. The topological polar surface area (TPSA) is 74.1 Å². The van der Waals surface area contributed by atoms with Crippen LogP contribution in [0.2, 0.25) is 0 Å². The summed E-state index contributed by atoms with van der Waals surface area (Å²) in [5.74, 6) is -0.734. The third kappa shape index (κ3) is 3.87. The number of nitrogens with zero attached hydrogens (tertiary/aromatic N) is 3. The van der Waals surface area contributed by atoms with Crippen molar-refractivity contribution in [2.75, 3.05) is 18.0 Å². The van der Waals surface area contributed by atoms with E-state index in [1.54, 1.807) is 0 Å². The van der Waals surface area contributed by atoms with Gasteiger partial charge in [-0.05, 0) is 18.6 Å². The summed E-state index contributed by atoms with van der Waals surface area (Å²) < 4.78 is 26.7. The van der Waals surface area contributed by atoms with Gasteiger partial charge >= 0.3 is 0 Å². The van der Waals surface area contributed by atoms with Crippen LogP contribution in [0.5, 0.6) is 0 Å². The Morgan fingerprint density at radius 2 is 2.00 bits per heavy atom. The number of carbonyl (C=O) groups is 2. The third-order valence-corrected chi connectivity index (χ3v) is 4.56. The van der Waals surface area contributed by atoms with Crippen LogP contribution in [0, 0.1) is 29.9 Å². The molecule has 0 saturated carbocycles. The number of rotatable bonds is 7. The molecule has 1 saturated heterocycles. The average molecular weight is 360 g/mol. The van der Waals surface area contributed by atoms with Crippen molar-refractivity contribution >= 4 is 17.5 Å². The number of terminal acetylenes is 1. The second-order valence-corrected chi connectivity index (χ2v) is 6.39. The normalized spacial score (nSPS) is 20.1. The quantitative estimate of drug-likeness (QED) is 0.599. The Balaban J connectivity index is 1.53. The van der Waals surface area contributed by atoms with Gasteiger partial charge in [-0.15, -0.1) is 12.3 Å². The summed E-state index contributed by atoms with van der Waals surface area (Å²) in [7, 11) is 0. The van der Waals surface area contributed by atoms with Crippen LogP contribution in [-0.2, 0) is 9.59 Å². The molecule has 136 valence electrons. The van der Waals surface area contributed by atoms with Crippen molar-refractivity contribution in [1.82, 2.24) is 5.32 Å². The minimum atomic E-state index is -0.865. The van der Waals surface area contributed by atoms with Crippen molar-refractivity contribution in [2.45, 2.75) is 31.3 Å². The van der Waals surface area contributed by atoms with Crippen LogP contribution in [0.4, 0.5) is 14.5 Å². The molecular weight excluding hydrogens is 342 g/mol. The lowest BCUT2D eigenvalue weighted by Crippen LogP contribution is -2.38.